The summed E-state index contributed by atoms with van der Waals surface area (Å²) in [7, 11) is 1.64. The number of rotatable bonds is 74. The van der Waals surface area contributed by atoms with Crippen molar-refractivity contribution in [2.24, 2.45) is 0 Å². The summed E-state index contributed by atoms with van der Waals surface area (Å²) in [6.07, 6.45) is 94.3. The number of nitrogens with zero attached hydrogens (tertiary/aromatic N) is 1. The maximum atomic E-state index is 13.1. The molecule has 1 amide bonds. The third-order valence-corrected chi connectivity index (χ3v) is 19.4. The molecule has 0 aromatic carbocycles. The molecule has 0 bridgehead atoms. The van der Waals surface area contributed by atoms with Gasteiger partial charge in [0, 0.05) is 6.42 Å². The van der Waals surface area contributed by atoms with Gasteiger partial charge < -0.3 is 19.8 Å². The zero-order chi connectivity index (χ0) is 64.1. The van der Waals surface area contributed by atoms with Gasteiger partial charge in [-0.05, 0) is 51.4 Å². The highest BCUT2D eigenvalue weighted by Gasteiger charge is 2.28. The molecule has 3 unspecified atom stereocenters. The molecule has 0 aromatic rings. The van der Waals surface area contributed by atoms with Crippen molar-refractivity contribution in [2.75, 3.05) is 40.9 Å². The average Bonchev–Trinajstić information content (AvgIpc) is 3.71. The van der Waals surface area contributed by atoms with Gasteiger partial charge in [0.1, 0.15) is 13.2 Å². The maximum Gasteiger partial charge on any atom is 0.472 e. The van der Waals surface area contributed by atoms with E-state index in [1.54, 1.807) is 0 Å². The standard InChI is InChI=1S/C79H155N2O6P/c1-6-8-10-12-14-16-18-20-22-24-26-28-30-32-33-34-35-36-37-38-39-40-41-42-43-44-45-46-47-49-51-53-55-57-59-61-63-65-67-69-71-73-79(83)80-77(76-87-88(84,85)86-75-74-81(3,4)5)78(82)72-70-68-66-64-62-60-58-56-54-52-50-48-31-29-27-25-23-21-19-17-15-13-11-9-7-2/h18,20,24,26,30,32,77-78,82H,6-17,19,21-23,25,27-29,31,33-76H2,1-5H3,(H-,80,83,84,85)/p+1/b20-18-,26-24-,32-30-. The molecular formula is C79H156N2O6P+. The van der Waals surface area contributed by atoms with Gasteiger partial charge in [0.2, 0.25) is 5.91 Å². The predicted octanol–water partition coefficient (Wildman–Crippen LogP) is 25.6. The van der Waals surface area contributed by atoms with E-state index in [-0.39, 0.29) is 19.1 Å². The van der Waals surface area contributed by atoms with Crippen LogP contribution in [-0.4, -0.2) is 73.4 Å². The molecule has 0 aliphatic heterocycles. The van der Waals surface area contributed by atoms with Crippen molar-refractivity contribution in [1.29, 1.82) is 0 Å². The van der Waals surface area contributed by atoms with E-state index >= 15 is 0 Å². The zero-order valence-corrected chi connectivity index (χ0v) is 60.9. The van der Waals surface area contributed by atoms with Gasteiger partial charge in [-0.2, -0.15) is 0 Å². The molecule has 0 saturated heterocycles. The minimum atomic E-state index is -4.33. The van der Waals surface area contributed by atoms with Crippen molar-refractivity contribution in [1.82, 2.24) is 5.32 Å². The van der Waals surface area contributed by atoms with Crippen LogP contribution in [-0.2, 0) is 18.4 Å². The quantitative estimate of drug-likeness (QED) is 0.0243. The molecule has 8 nitrogen and oxygen atoms in total. The maximum absolute atomic E-state index is 13.1. The second kappa shape index (κ2) is 70.0. The molecule has 0 spiro atoms. The Balaban J connectivity index is 3.88. The SMILES string of the molecule is CCCCCCC/C=C\C/C=C\C/C=C\CCCCCCCCCCCCCCCCCCCCCCCCCCCCC(=O)NC(COP(=O)(O)OCC[N+](C)(C)C)C(O)CCCCCCCCCCCCCCCCCCCCCCCCCCC. The van der Waals surface area contributed by atoms with E-state index in [0.29, 0.717) is 23.9 Å². The van der Waals surface area contributed by atoms with Crippen molar-refractivity contribution in [2.45, 2.75) is 424 Å². The Hall–Kier alpha value is -1.28. The van der Waals surface area contributed by atoms with E-state index < -0.39 is 20.0 Å². The molecule has 522 valence electrons. The summed E-state index contributed by atoms with van der Waals surface area (Å²) in [5.41, 5.74) is 0. The first-order chi connectivity index (χ1) is 43.0. The summed E-state index contributed by atoms with van der Waals surface area (Å²) in [6.45, 7) is 4.94. The lowest BCUT2D eigenvalue weighted by Crippen LogP contribution is -2.46. The summed E-state index contributed by atoms with van der Waals surface area (Å²) in [6, 6.07) is -0.760. The molecule has 3 N–H and O–H groups in total. The molecule has 0 aliphatic carbocycles. The molecule has 0 aliphatic rings. The highest BCUT2D eigenvalue weighted by atomic mass is 31.2. The first kappa shape index (κ1) is 86.7. The number of quaternary nitrogens is 1. The van der Waals surface area contributed by atoms with Gasteiger partial charge in [0.15, 0.2) is 0 Å². The summed E-state index contributed by atoms with van der Waals surface area (Å²) >= 11 is 0. The van der Waals surface area contributed by atoms with Crippen molar-refractivity contribution in [3.05, 3.63) is 36.5 Å². The minimum absolute atomic E-state index is 0.0777. The van der Waals surface area contributed by atoms with Gasteiger partial charge in [-0.3, -0.25) is 13.8 Å². The lowest BCUT2D eigenvalue weighted by atomic mass is 10.0. The summed E-state index contributed by atoms with van der Waals surface area (Å²) < 4.78 is 23.9. The number of likely N-dealkylation sites (N-methyl/N-ethyl adjacent to an activating group) is 1. The number of allylic oxidation sites excluding steroid dienone is 6. The molecule has 9 heteroatoms. The van der Waals surface area contributed by atoms with Crippen LogP contribution in [0.1, 0.15) is 412 Å². The molecule has 0 rings (SSSR count). The molecule has 0 radical (unpaired) electrons. The fourth-order valence-corrected chi connectivity index (χ4v) is 13.0. The van der Waals surface area contributed by atoms with Crippen LogP contribution >= 0.6 is 7.82 Å². The van der Waals surface area contributed by atoms with Crippen LogP contribution in [0.4, 0.5) is 0 Å². The van der Waals surface area contributed by atoms with Gasteiger partial charge in [-0.15, -0.1) is 0 Å². The Bertz CT molecular complexity index is 1530. The third kappa shape index (κ3) is 72.2. The van der Waals surface area contributed by atoms with Crippen LogP contribution in [0.3, 0.4) is 0 Å². The number of carbonyl (C=O) groups excluding carboxylic acids is 1. The molecule has 0 heterocycles. The lowest BCUT2D eigenvalue weighted by Gasteiger charge is -2.26. The number of hydrogen-bond acceptors (Lipinski definition) is 5. The average molecular weight is 1260 g/mol. The second-order valence-corrected chi connectivity index (χ2v) is 29.9. The lowest BCUT2D eigenvalue weighted by molar-refractivity contribution is -0.870. The molecule has 0 fully saturated rings. The minimum Gasteiger partial charge on any atom is -0.391 e. The van der Waals surface area contributed by atoms with Gasteiger partial charge >= 0.3 is 7.82 Å². The normalized spacial score (nSPS) is 13.7. The van der Waals surface area contributed by atoms with Crippen molar-refractivity contribution >= 4 is 13.7 Å². The summed E-state index contributed by atoms with van der Waals surface area (Å²) in [4.78, 5) is 23.5. The number of nitrogens with one attached hydrogen (secondary N) is 1. The van der Waals surface area contributed by atoms with Gasteiger partial charge in [-0.1, -0.05) is 391 Å². The number of unbranched alkanes of at least 4 members (excludes halogenated alkanes) is 55. The largest absolute Gasteiger partial charge is 0.472 e. The highest BCUT2D eigenvalue weighted by molar-refractivity contribution is 7.47. The molecule has 0 aromatic heterocycles. The molecule has 3 atom stereocenters. The number of amides is 1. The number of carbonyl (C=O) groups is 1. The van der Waals surface area contributed by atoms with Gasteiger partial charge in [-0.25, -0.2) is 4.57 Å². The topological polar surface area (TPSA) is 105 Å². The van der Waals surface area contributed by atoms with Crippen LogP contribution in [0.15, 0.2) is 36.5 Å². The zero-order valence-electron chi connectivity index (χ0n) is 60.0. The number of phosphoric acid groups is 1. The Morgan fingerprint density at radius 1 is 0.386 bits per heavy atom. The smallest absolute Gasteiger partial charge is 0.391 e. The fourth-order valence-electron chi connectivity index (χ4n) is 12.3. The second-order valence-electron chi connectivity index (χ2n) is 28.4. The van der Waals surface area contributed by atoms with Crippen LogP contribution in [0, 0.1) is 0 Å². The van der Waals surface area contributed by atoms with Crippen molar-refractivity contribution < 1.29 is 32.9 Å². The molecule has 0 saturated carbocycles. The molecule has 88 heavy (non-hydrogen) atoms. The van der Waals surface area contributed by atoms with E-state index in [4.69, 9.17) is 9.05 Å². The van der Waals surface area contributed by atoms with Crippen LogP contribution in [0.25, 0.3) is 0 Å². The Morgan fingerprint density at radius 3 is 0.943 bits per heavy atom. The summed E-state index contributed by atoms with van der Waals surface area (Å²) in [5.74, 6) is -0.134. The molecular weight excluding hydrogens is 1100 g/mol. The van der Waals surface area contributed by atoms with Gasteiger partial charge in [0.25, 0.3) is 0 Å². The predicted molar refractivity (Wildman–Crippen MR) is 388 cm³/mol. The van der Waals surface area contributed by atoms with Crippen LogP contribution < -0.4 is 5.32 Å². The van der Waals surface area contributed by atoms with Crippen LogP contribution in [0.2, 0.25) is 0 Å². The first-order valence-corrected chi connectivity index (χ1v) is 40.8. The van der Waals surface area contributed by atoms with E-state index in [9.17, 15) is 19.4 Å². The number of aliphatic hydroxyl groups is 1. The number of hydrogen-bond donors (Lipinski definition) is 3. The fraction of sp³-hybridized carbons (Fsp3) is 0.911. The van der Waals surface area contributed by atoms with E-state index in [2.05, 4.69) is 55.6 Å². The van der Waals surface area contributed by atoms with E-state index in [1.807, 2.05) is 21.1 Å². The van der Waals surface area contributed by atoms with E-state index in [1.165, 1.54) is 334 Å². The van der Waals surface area contributed by atoms with Crippen molar-refractivity contribution in [3.8, 4) is 0 Å². The monoisotopic (exact) mass is 1260 g/mol. The summed E-state index contributed by atoms with van der Waals surface area (Å²) in [5, 5.41) is 14.2. The first-order valence-electron chi connectivity index (χ1n) is 39.4. The Kier molecular flexibility index (Phi) is 69.0. The number of phosphoric ester groups is 1. The number of aliphatic hydroxyl groups excluding tert-OH is 1. The van der Waals surface area contributed by atoms with E-state index in [0.717, 1.165) is 51.4 Å². The third-order valence-electron chi connectivity index (χ3n) is 18.4. The van der Waals surface area contributed by atoms with Crippen LogP contribution in [0.5, 0.6) is 0 Å². The van der Waals surface area contributed by atoms with Crippen molar-refractivity contribution in [3.63, 3.8) is 0 Å². The van der Waals surface area contributed by atoms with Gasteiger partial charge in [0.05, 0.1) is 39.9 Å². The Morgan fingerprint density at radius 2 is 0.648 bits per heavy atom. The highest BCUT2D eigenvalue weighted by Crippen LogP contribution is 2.43. The Labute approximate surface area is 550 Å².